The Morgan fingerprint density at radius 2 is 1.88 bits per heavy atom. The SMILES string of the molecule is CCOC(=O)CN(CC(=O)Nc1ccc(Br)cc1F)Cc1ccccc1. The number of hydrogen-bond acceptors (Lipinski definition) is 4. The average molecular weight is 423 g/mol. The van der Waals surface area contributed by atoms with Gasteiger partial charge in [-0.15, -0.1) is 0 Å². The number of carbonyl (C=O) groups excluding carboxylic acids is 2. The fraction of sp³-hybridized carbons (Fsp3) is 0.263. The lowest BCUT2D eigenvalue weighted by molar-refractivity contribution is -0.144. The normalized spacial score (nSPS) is 10.6. The first-order chi connectivity index (χ1) is 12.5. The Labute approximate surface area is 160 Å². The molecule has 0 radical (unpaired) electrons. The summed E-state index contributed by atoms with van der Waals surface area (Å²) in [5, 5.41) is 2.53. The zero-order chi connectivity index (χ0) is 18.9. The fourth-order valence-electron chi connectivity index (χ4n) is 2.38. The van der Waals surface area contributed by atoms with E-state index in [0.717, 1.165) is 5.56 Å². The van der Waals surface area contributed by atoms with Crippen LogP contribution in [0.15, 0.2) is 53.0 Å². The first-order valence-corrected chi connectivity index (χ1v) is 8.94. The van der Waals surface area contributed by atoms with Crippen LogP contribution in [0.25, 0.3) is 0 Å². The smallest absolute Gasteiger partial charge is 0.320 e. The molecule has 5 nitrogen and oxygen atoms in total. The third kappa shape index (κ3) is 6.57. The topological polar surface area (TPSA) is 58.6 Å². The number of benzene rings is 2. The number of amides is 1. The van der Waals surface area contributed by atoms with Crippen molar-refractivity contribution < 1.29 is 18.7 Å². The van der Waals surface area contributed by atoms with Gasteiger partial charge in [-0.3, -0.25) is 14.5 Å². The summed E-state index contributed by atoms with van der Waals surface area (Å²) >= 11 is 3.17. The Morgan fingerprint density at radius 3 is 2.54 bits per heavy atom. The molecule has 0 bridgehead atoms. The average Bonchev–Trinajstić information content (AvgIpc) is 2.58. The van der Waals surface area contributed by atoms with Gasteiger partial charge < -0.3 is 10.1 Å². The Kier molecular flexibility index (Phi) is 7.74. The molecular formula is C19H20BrFN2O3. The van der Waals surface area contributed by atoms with Crippen molar-refractivity contribution in [3.63, 3.8) is 0 Å². The van der Waals surface area contributed by atoms with Gasteiger partial charge in [0.1, 0.15) is 5.82 Å². The molecule has 2 rings (SSSR count). The molecule has 0 fully saturated rings. The largest absolute Gasteiger partial charge is 0.465 e. The van der Waals surface area contributed by atoms with Crippen molar-refractivity contribution >= 4 is 33.5 Å². The predicted octanol–water partition coefficient (Wildman–Crippen LogP) is 3.59. The lowest BCUT2D eigenvalue weighted by Crippen LogP contribution is -2.37. The molecule has 0 aliphatic heterocycles. The molecule has 0 aromatic heterocycles. The number of hydrogen-bond donors (Lipinski definition) is 1. The number of ether oxygens (including phenoxy) is 1. The van der Waals surface area contributed by atoms with Gasteiger partial charge in [-0.05, 0) is 30.7 Å². The molecule has 1 amide bonds. The highest BCUT2D eigenvalue weighted by Crippen LogP contribution is 2.19. The van der Waals surface area contributed by atoms with E-state index in [2.05, 4.69) is 21.2 Å². The summed E-state index contributed by atoms with van der Waals surface area (Å²) < 4.78 is 19.4. The van der Waals surface area contributed by atoms with Crippen molar-refractivity contribution in [3.05, 3.63) is 64.4 Å². The molecule has 0 aliphatic rings. The lowest BCUT2D eigenvalue weighted by Gasteiger charge is -2.21. The van der Waals surface area contributed by atoms with Gasteiger partial charge >= 0.3 is 5.97 Å². The van der Waals surface area contributed by atoms with Gasteiger partial charge in [-0.1, -0.05) is 46.3 Å². The third-order valence-corrected chi connectivity index (χ3v) is 3.97. The Balaban J connectivity index is 2.04. The van der Waals surface area contributed by atoms with Crippen molar-refractivity contribution in [2.75, 3.05) is 25.0 Å². The number of esters is 1. The summed E-state index contributed by atoms with van der Waals surface area (Å²) in [5.41, 5.74) is 1.05. The van der Waals surface area contributed by atoms with Crippen LogP contribution in [0, 0.1) is 5.82 Å². The van der Waals surface area contributed by atoms with Gasteiger partial charge in [0.15, 0.2) is 0 Å². The van der Waals surface area contributed by atoms with Crippen LogP contribution in [0.1, 0.15) is 12.5 Å². The van der Waals surface area contributed by atoms with Gasteiger partial charge in [0.25, 0.3) is 0 Å². The van der Waals surface area contributed by atoms with Crippen molar-refractivity contribution in [2.24, 2.45) is 0 Å². The maximum absolute atomic E-state index is 13.9. The Bertz CT molecular complexity index is 756. The lowest BCUT2D eigenvalue weighted by atomic mass is 10.2. The fourth-order valence-corrected chi connectivity index (χ4v) is 2.72. The summed E-state index contributed by atoms with van der Waals surface area (Å²) in [6.07, 6.45) is 0. The van der Waals surface area contributed by atoms with E-state index >= 15 is 0 Å². The summed E-state index contributed by atoms with van der Waals surface area (Å²) in [6, 6.07) is 13.9. The first-order valence-electron chi connectivity index (χ1n) is 8.14. The van der Waals surface area contributed by atoms with Gasteiger partial charge in [0.05, 0.1) is 25.4 Å². The number of nitrogens with one attached hydrogen (secondary N) is 1. The second-order valence-electron chi connectivity index (χ2n) is 5.61. The van der Waals surface area contributed by atoms with Crippen molar-refractivity contribution in [1.82, 2.24) is 4.90 Å². The third-order valence-electron chi connectivity index (χ3n) is 3.48. The maximum atomic E-state index is 13.9. The molecule has 1 N–H and O–H groups in total. The zero-order valence-corrected chi connectivity index (χ0v) is 16.0. The molecule has 0 spiro atoms. The number of carbonyl (C=O) groups is 2. The van der Waals surface area contributed by atoms with E-state index < -0.39 is 17.7 Å². The number of anilines is 1. The molecule has 0 heterocycles. The van der Waals surface area contributed by atoms with Gasteiger partial charge in [-0.25, -0.2) is 4.39 Å². The van der Waals surface area contributed by atoms with Crippen LogP contribution in [0.5, 0.6) is 0 Å². The van der Waals surface area contributed by atoms with Crippen LogP contribution < -0.4 is 5.32 Å². The molecule has 0 saturated carbocycles. The molecule has 7 heteroatoms. The summed E-state index contributed by atoms with van der Waals surface area (Å²) in [6.45, 7) is 2.30. The van der Waals surface area contributed by atoms with Crippen molar-refractivity contribution in [2.45, 2.75) is 13.5 Å². The summed E-state index contributed by atoms with van der Waals surface area (Å²) in [4.78, 5) is 25.8. The highest BCUT2D eigenvalue weighted by molar-refractivity contribution is 9.10. The van der Waals surface area contributed by atoms with Gasteiger partial charge in [-0.2, -0.15) is 0 Å². The minimum atomic E-state index is -0.535. The molecule has 26 heavy (non-hydrogen) atoms. The molecule has 0 unspecified atom stereocenters. The molecule has 0 aliphatic carbocycles. The van der Waals surface area contributed by atoms with Crippen LogP contribution >= 0.6 is 15.9 Å². The molecule has 2 aromatic rings. The van der Waals surface area contributed by atoms with Crippen molar-refractivity contribution in [1.29, 1.82) is 0 Å². The number of halogens is 2. The van der Waals surface area contributed by atoms with E-state index in [1.54, 1.807) is 17.9 Å². The quantitative estimate of drug-likeness (QED) is 0.660. The number of nitrogens with zero attached hydrogens (tertiary/aromatic N) is 1. The van der Waals surface area contributed by atoms with E-state index in [1.807, 2.05) is 30.3 Å². The molecule has 0 atom stereocenters. The van der Waals surface area contributed by atoms with Crippen LogP contribution in [0.2, 0.25) is 0 Å². The monoisotopic (exact) mass is 422 g/mol. The first kappa shape index (κ1) is 20.1. The molecule has 0 saturated heterocycles. The Hall–Kier alpha value is -2.25. The van der Waals surface area contributed by atoms with Crippen LogP contribution in [-0.2, 0) is 20.9 Å². The predicted molar refractivity (Wildman–Crippen MR) is 101 cm³/mol. The second kappa shape index (κ2) is 10.0. The van der Waals surface area contributed by atoms with Crippen LogP contribution in [0.4, 0.5) is 10.1 Å². The van der Waals surface area contributed by atoms with Gasteiger partial charge in [0.2, 0.25) is 5.91 Å². The zero-order valence-electron chi connectivity index (χ0n) is 14.4. The maximum Gasteiger partial charge on any atom is 0.320 e. The highest BCUT2D eigenvalue weighted by atomic mass is 79.9. The van der Waals surface area contributed by atoms with Gasteiger partial charge in [0, 0.05) is 11.0 Å². The van der Waals surface area contributed by atoms with Crippen molar-refractivity contribution in [3.8, 4) is 0 Å². The van der Waals surface area contributed by atoms with E-state index in [9.17, 15) is 14.0 Å². The van der Waals surface area contributed by atoms with E-state index in [-0.39, 0.29) is 25.4 Å². The Morgan fingerprint density at radius 1 is 1.15 bits per heavy atom. The minimum absolute atomic E-state index is 0.0288. The summed E-state index contributed by atoms with van der Waals surface area (Å²) in [7, 11) is 0. The van der Waals surface area contributed by atoms with E-state index in [0.29, 0.717) is 11.0 Å². The minimum Gasteiger partial charge on any atom is -0.465 e. The van der Waals surface area contributed by atoms with Crippen LogP contribution in [-0.4, -0.2) is 36.5 Å². The molecule has 138 valence electrons. The second-order valence-corrected chi connectivity index (χ2v) is 6.52. The highest BCUT2D eigenvalue weighted by Gasteiger charge is 2.17. The number of rotatable bonds is 8. The van der Waals surface area contributed by atoms with Crippen LogP contribution in [0.3, 0.4) is 0 Å². The molecule has 2 aromatic carbocycles. The van der Waals surface area contributed by atoms with E-state index in [1.165, 1.54) is 12.1 Å². The van der Waals surface area contributed by atoms with E-state index in [4.69, 9.17) is 4.74 Å². The summed E-state index contributed by atoms with van der Waals surface area (Å²) in [5.74, 6) is -1.36. The molecular weight excluding hydrogens is 403 g/mol. The standard InChI is InChI=1S/C19H20BrFN2O3/c1-2-26-19(25)13-23(11-14-6-4-3-5-7-14)12-18(24)22-17-9-8-15(20)10-16(17)21/h3-10H,2,11-13H2,1H3,(H,22,24).